The van der Waals surface area contributed by atoms with Crippen LogP contribution in [0.3, 0.4) is 0 Å². The standard InChI is InChI=1S/C15H16F3N3O2/c1-14(2,3)23-13(22)19-10-6-4-9(5-7-10)11-8-12(21-20-11)15(16,17)18/h4-8H,1-3H3,(H,19,22)(H,20,21). The number of hydrogen-bond donors (Lipinski definition) is 2. The number of ether oxygens (including phenoxy) is 1. The molecular formula is C15H16F3N3O2. The van der Waals surface area contributed by atoms with Crippen LogP contribution in [0.2, 0.25) is 0 Å². The second-order valence-electron chi connectivity index (χ2n) is 5.87. The zero-order valence-electron chi connectivity index (χ0n) is 12.8. The Morgan fingerprint density at radius 2 is 1.78 bits per heavy atom. The monoisotopic (exact) mass is 327 g/mol. The molecular weight excluding hydrogens is 311 g/mol. The van der Waals surface area contributed by atoms with Gasteiger partial charge in [-0.25, -0.2) is 4.79 Å². The van der Waals surface area contributed by atoms with Crippen LogP contribution < -0.4 is 5.32 Å². The number of aromatic nitrogens is 2. The molecule has 0 spiro atoms. The molecule has 0 aliphatic rings. The molecule has 5 nitrogen and oxygen atoms in total. The SMILES string of the molecule is CC(C)(C)OC(=O)Nc1ccc(-c2cc(C(F)(F)F)[nH]n2)cc1. The van der Waals surface area contributed by atoms with Gasteiger partial charge in [0.05, 0.1) is 5.69 Å². The minimum atomic E-state index is -4.47. The third kappa shape index (κ3) is 4.73. The van der Waals surface area contributed by atoms with Crippen LogP contribution in [0.1, 0.15) is 26.5 Å². The van der Waals surface area contributed by atoms with E-state index >= 15 is 0 Å². The van der Waals surface area contributed by atoms with Gasteiger partial charge in [0, 0.05) is 11.3 Å². The fourth-order valence-electron chi connectivity index (χ4n) is 1.76. The van der Waals surface area contributed by atoms with Crippen molar-refractivity contribution < 1.29 is 22.7 Å². The van der Waals surface area contributed by atoms with Crippen LogP contribution in [0.15, 0.2) is 30.3 Å². The molecule has 2 aromatic rings. The smallest absolute Gasteiger partial charge is 0.432 e. The molecule has 1 aromatic heterocycles. The molecule has 124 valence electrons. The Balaban J connectivity index is 2.08. The van der Waals surface area contributed by atoms with Gasteiger partial charge in [-0.2, -0.15) is 18.3 Å². The number of carbonyl (C=O) groups excluding carboxylic acids is 1. The van der Waals surface area contributed by atoms with Gasteiger partial charge in [0.2, 0.25) is 0 Å². The number of halogens is 3. The number of H-pyrrole nitrogens is 1. The molecule has 0 radical (unpaired) electrons. The Morgan fingerprint density at radius 1 is 1.17 bits per heavy atom. The first-order valence-corrected chi connectivity index (χ1v) is 6.78. The molecule has 8 heteroatoms. The van der Waals surface area contributed by atoms with Gasteiger partial charge in [-0.15, -0.1) is 0 Å². The van der Waals surface area contributed by atoms with Crippen molar-refractivity contribution in [2.24, 2.45) is 0 Å². The lowest BCUT2D eigenvalue weighted by molar-refractivity contribution is -0.141. The molecule has 0 unspecified atom stereocenters. The fourth-order valence-corrected chi connectivity index (χ4v) is 1.76. The van der Waals surface area contributed by atoms with Gasteiger partial charge < -0.3 is 4.74 Å². The average Bonchev–Trinajstić information content (AvgIpc) is 2.86. The quantitative estimate of drug-likeness (QED) is 0.857. The van der Waals surface area contributed by atoms with Crippen molar-refractivity contribution in [2.45, 2.75) is 32.5 Å². The Bertz CT molecular complexity index is 685. The second kappa shape index (κ2) is 5.94. The lowest BCUT2D eigenvalue weighted by Gasteiger charge is -2.19. The predicted octanol–water partition coefficient (Wildman–Crippen LogP) is 4.44. The molecule has 2 rings (SSSR count). The maximum atomic E-state index is 12.5. The van der Waals surface area contributed by atoms with Crippen LogP contribution in [0, 0.1) is 0 Å². The van der Waals surface area contributed by atoms with Crippen LogP contribution >= 0.6 is 0 Å². The summed E-state index contributed by atoms with van der Waals surface area (Å²) in [7, 11) is 0. The summed E-state index contributed by atoms with van der Waals surface area (Å²) in [6, 6.07) is 7.16. The number of carbonyl (C=O) groups is 1. The third-order valence-corrected chi connectivity index (χ3v) is 2.71. The topological polar surface area (TPSA) is 67.0 Å². The van der Waals surface area contributed by atoms with Gasteiger partial charge in [0.1, 0.15) is 11.3 Å². The predicted molar refractivity (Wildman–Crippen MR) is 78.9 cm³/mol. The van der Waals surface area contributed by atoms with Crippen molar-refractivity contribution in [1.29, 1.82) is 0 Å². The fraction of sp³-hybridized carbons (Fsp3) is 0.333. The maximum absolute atomic E-state index is 12.5. The zero-order chi connectivity index (χ0) is 17.3. The number of aromatic amines is 1. The van der Waals surface area contributed by atoms with E-state index in [0.717, 1.165) is 6.07 Å². The Morgan fingerprint density at radius 3 is 2.26 bits per heavy atom. The minimum absolute atomic E-state index is 0.168. The second-order valence-corrected chi connectivity index (χ2v) is 5.87. The molecule has 0 bridgehead atoms. The van der Waals surface area contributed by atoms with Gasteiger partial charge in [0.25, 0.3) is 0 Å². The normalized spacial score (nSPS) is 12.1. The molecule has 0 saturated carbocycles. The summed E-state index contributed by atoms with van der Waals surface area (Å²) >= 11 is 0. The zero-order valence-corrected chi connectivity index (χ0v) is 12.8. The van der Waals surface area contributed by atoms with Crippen molar-refractivity contribution in [2.75, 3.05) is 5.32 Å². The molecule has 0 atom stereocenters. The van der Waals surface area contributed by atoms with Crippen LogP contribution in [-0.2, 0) is 10.9 Å². The van der Waals surface area contributed by atoms with E-state index in [1.54, 1.807) is 45.0 Å². The molecule has 1 aromatic carbocycles. The lowest BCUT2D eigenvalue weighted by Crippen LogP contribution is -2.27. The van der Waals surface area contributed by atoms with E-state index in [-0.39, 0.29) is 5.69 Å². The van der Waals surface area contributed by atoms with Gasteiger partial charge in [-0.05, 0) is 39.0 Å². The maximum Gasteiger partial charge on any atom is 0.432 e. The first-order valence-electron chi connectivity index (χ1n) is 6.78. The number of rotatable bonds is 2. The van der Waals surface area contributed by atoms with Gasteiger partial charge in [0.15, 0.2) is 0 Å². The molecule has 0 fully saturated rings. The summed E-state index contributed by atoms with van der Waals surface area (Å²) < 4.78 is 42.7. The lowest BCUT2D eigenvalue weighted by atomic mass is 10.1. The molecule has 0 aliphatic carbocycles. The number of nitrogens with zero attached hydrogens (tertiary/aromatic N) is 1. The summed E-state index contributed by atoms with van der Waals surface area (Å²) in [5.41, 5.74) is -0.404. The first kappa shape index (κ1) is 16.9. The first-order chi connectivity index (χ1) is 10.5. The van der Waals surface area contributed by atoms with Crippen molar-refractivity contribution >= 4 is 11.8 Å². The van der Waals surface area contributed by atoms with Crippen LogP contribution in [0.5, 0.6) is 0 Å². The molecule has 0 saturated heterocycles. The number of hydrogen-bond acceptors (Lipinski definition) is 3. The molecule has 1 amide bonds. The van der Waals surface area contributed by atoms with Gasteiger partial charge in [-0.3, -0.25) is 10.4 Å². The highest BCUT2D eigenvalue weighted by atomic mass is 19.4. The Labute approximate surface area is 130 Å². The van der Waals surface area contributed by atoms with E-state index in [9.17, 15) is 18.0 Å². The van der Waals surface area contributed by atoms with Crippen molar-refractivity contribution in [3.63, 3.8) is 0 Å². The van der Waals surface area contributed by atoms with E-state index < -0.39 is 23.6 Å². The number of nitrogens with one attached hydrogen (secondary N) is 2. The van der Waals surface area contributed by atoms with E-state index in [0.29, 0.717) is 11.3 Å². The highest BCUT2D eigenvalue weighted by molar-refractivity contribution is 5.85. The van der Waals surface area contributed by atoms with E-state index in [1.165, 1.54) is 0 Å². The van der Waals surface area contributed by atoms with E-state index in [2.05, 4.69) is 10.4 Å². The number of alkyl halides is 3. The number of anilines is 1. The molecule has 2 N–H and O–H groups in total. The van der Waals surface area contributed by atoms with Gasteiger partial charge >= 0.3 is 12.3 Å². The Hall–Kier alpha value is -2.51. The van der Waals surface area contributed by atoms with E-state index in [4.69, 9.17) is 4.74 Å². The largest absolute Gasteiger partial charge is 0.444 e. The Kier molecular flexibility index (Phi) is 4.35. The van der Waals surface area contributed by atoms with Crippen molar-refractivity contribution in [3.8, 4) is 11.3 Å². The summed E-state index contributed by atoms with van der Waals surface area (Å²) in [4.78, 5) is 11.6. The van der Waals surface area contributed by atoms with Crippen LogP contribution in [0.4, 0.5) is 23.7 Å². The summed E-state index contributed by atoms with van der Waals surface area (Å²) in [5.74, 6) is 0. The highest BCUT2D eigenvalue weighted by Gasteiger charge is 2.33. The number of benzene rings is 1. The summed E-state index contributed by atoms with van der Waals surface area (Å²) in [6.45, 7) is 5.22. The highest BCUT2D eigenvalue weighted by Crippen LogP contribution is 2.30. The molecule has 23 heavy (non-hydrogen) atoms. The summed E-state index contributed by atoms with van der Waals surface area (Å²) in [6.07, 6.45) is -5.08. The summed E-state index contributed by atoms with van der Waals surface area (Å²) in [5, 5.41) is 8.12. The third-order valence-electron chi connectivity index (χ3n) is 2.71. The van der Waals surface area contributed by atoms with Gasteiger partial charge in [-0.1, -0.05) is 12.1 Å². The average molecular weight is 327 g/mol. The molecule has 0 aliphatic heterocycles. The van der Waals surface area contributed by atoms with Crippen LogP contribution in [0.25, 0.3) is 11.3 Å². The molecule has 1 heterocycles. The minimum Gasteiger partial charge on any atom is -0.444 e. The van der Waals surface area contributed by atoms with Crippen molar-refractivity contribution in [1.82, 2.24) is 10.2 Å². The van der Waals surface area contributed by atoms with Crippen molar-refractivity contribution in [3.05, 3.63) is 36.0 Å². The number of amides is 1. The van der Waals surface area contributed by atoms with E-state index in [1.807, 2.05) is 5.10 Å². The van der Waals surface area contributed by atoms with Crippen LogP contribution in [-0.4, -0.2) is 21.9 Å².